The number of nitrogens with one attached hydrogen (secondary N) is 2. The topological polar surface area (TPSA) is 95.5 Å². The molecule has 136 valence electrons. The van der Waals surface area contributed by atoms with E-state index in [1.54, 1.807) is 24.3 Å². The zero-order valence-electron chi connectivity index (χ0n) is 14.1. The first kappa shape index (κ1) is 18.3. The molecule has 0 spiro atoms. The lowest BCUT2D eigenvalue weighted by Gasteiger charge is -2.16. The predicted octanol–water partition coefficient (Wildman–Crippen LogP) is 1.81. The van der Waals surface area contributed by atoms with Gasteiger partial charge in [0.15, 0.2) is 0 Å². The predicted molar refractivity (Wildman–Crippen MR) is 97.6 cm³/mol. The number of hydrogen-bond donors (Lipinski definition) is 3. The van der Waals surface area contributed by atoms with E-state index in [2.05, 4.69) is 10.6 Å². The SMILES string of the molecule is O=C1CC(Cc2ccc(C(=O)NC(CCO)c3cccs3)cc2)C(=O)N1. The molecule has 7 heteroatoms. The largest absolute Gasteiger partial charge is 0.396 e. The van der Waals surface area contributed by atoms with E-state index in [1.165, 1.54) is 11.3 Å². The zero-order chi connectivity index (χ0) is 18.5. The number of benzene rings is 1. The summed E-state index contributed by atoms with van der Waals surface area (Å²) in [5, 5.41) is 16.4. The summed E-state index contributed by atoms with van der Waals surface area (Å²) >= 11 is 1.54. The second kappa shape index (κ2) is 8.25. The van der Waals surface area contributed by atoms with Gasteiger partial charge in [0.05, 0.1) is 12.0 Å². The second-order valence-corrected chi connectivity index (χ2v) is 7.25. The van der Waals surface area contributed by atoms with Gasteiger partial charge in [0, 0.05) is 23.5 Å². The van der Waals surface area contributed by atoms with Gasteiger partial charge in [-0.05, 0) is 42.0 Å². The van der Waals surface area contributed by atoms with Crippen molar-refractivity contribution >= 4 is 29.1 Å². The first-order valence-electron chi connectivity index (χ1n) is 8.44. The van der Waals surface area contributed by atoms with Crippen molar-refractivity contribution in [3.05, 3.63) is 57.8 Å². The van der Waals surface area contributed by atoms with Crippen LogP contribution in [0.3, 0.4) is 0 Å². The fourth-order valence-electron chi connectivity index (χ4n) is 2.99. The number of amides is 3. The molecule has 2 atom stereocenters. The van der Waals surface area contributed by atoms with Gasteiger partial charge < -0.3 is 10.4 Å². The van der Waals surface area contributed by atoms with E-state index in [1.807, 2.05) is 17.5 Å². The van der Waals surface area contributed by atoms with Crippen LogP contribution in [0.1, 0.15) is 39.7 Å². The van der Waals surface area contributed by atoms with Gasteiger partial charge >= 0.3 is 0 Å². The summed E-state index contributed by atoms with van der Waals surface area (Å²) in [4.78, 5) is 36.4. The Hall–Kier alpha value is -2.51. The lowest BCUT2D eigenvalue weighted by atomic mass is 9.97. The quantitative estimate of drug-likeness (QED) is 0.646. The summed E-state index contributed by atoms with van der Waals surface area (Å²) in [6.45, 7) is -0.00996. The van der Waals surface area contributed by atoms with Gasteiger partial charge in [0.2, 0.25) is 11.8 Å². The minimum absolute atomic E-state index is 0.00996. The molecule has 2 unspecified atom stereocenters. The standard InChI is InChI=1S/C19H20N2O4S/c22-8-7-15(16-2-1-9-26-16)20-18(24)13-5-3-12(4-6-13)10-14-11-17(23)21-19(14)25/h1-6,9,14-15,22H,7-8,10-11H2,(H,20,24)(H,21,23,25). The lowest BCUT2D eigenvalue weighted by Crippen LogP contribution is -2.28. The third-order valence-corrected chi connectivity index (χ3v) is 5.36. The van der Waals surface area contributed by atoms with Crippen LogP contribution in [0.5, 0.6) is 0 Å². The van der Waals surface area contributed by atoms with Crippen LogP contribution >= 0.6 is 11.3 Å². The van der Waals surface area contributed by atoms with Crippen molar-refractivity contribution in [2.45, 2.75) is 25.3 Å². The molecular weight excluding hydrogens is 352 g/mol. The van der Waals surface area contributed by atoms with Gasteiger partial charge in [-0.25, -0.2) is 0 Å². The normalized spacial score (nSPS) is 17.8. The van der Waals surface area contributed by atoms with Crippen LogP contribution in [-0.2, 0) is 16.0 Å². The molecule has 1 aromatic heterocycles. The van der Waals surface area contributed by atoms with Crippen LogP contribution in [-0.4, -0.2) is 29.4 Å². The third kappa shape index (κ3) is 4.36. The van der Waals surface area contributed by atoms with Gasteiger partial charge in [0.25, 0.3) is 5.91 Å². The van der Waals surface area contributed by atoms with Crippen molar-refractivity contribution in [3.8, 4) is 0 Å². The van der Waals surface area contributed by atoms with Crippen molar-refractivity contribution in [2.24, 2.45) is 5.92 Å². The van der Waals surface area contributed by atoms with E-state index in [9.17, 15) is 19.5 Å². The molecule has 0 radical (unpaired) electrons. The highest BCUT2D eigenvalue weighted by Crippen LogP contribution is 2.22. The highest BCUT2D eigenvalue weighted by atomic mass is 32.1. The Kier molecular flexibility index (Phi) is 5.80. The highest BCUT2D eigenvalue weighted by molar-refractivity contribution is 7.10. The van der Waals surface area contributed by atoms with Crippen molar-refractivity contribution < 1.29 is 19.5 Å². The molecule has 3 amide bonds. The summed E-state index contributed by atoms with van der Waals surface area (Å²) in [7, 11) is 0. The van der Waals surface area contributed by atoms with Crippen LogP contribution in [0.4, 0.5) is 0 Å². The lowest BCUT2D eigenvalue weighted by molar-refractivity contribution is -0.125. The second-order valence-electron chi connectivity index (χ2n) is 6.27. The van der Waals surface area contributed by atoms with Crippen molar-refractivity contribution in [1.29, 1.82) is 0 Å². The molecule has 1 aliphatic rings. The molecule has 1 aliphatic heterocycles. The van der Waals surface area contributed by atoms with Crippen LogP contribution in [0.2, 0.25) is 0 Å². The van der Waals surface area contributed by atoms with E-state index in [-0.39, 0.29) is 42.7 Å². The number of aliphatic hydroxyl groups is 1. The molecule has 0 saturated carbocycles. The Bertz CT molecular complexity index is 786. The molecule has 1 fully saturated rings. The van der Waals surface area contributed by atoms with Crippen molar-refractivity contribution in [1.82, 2.24) is 10.6 Å². The van der Waals surface area contributed by atoms with E-state index >= 15 is 0 Å². The highest BCUT2D eigenvalue weighted by Gasteiger charge is 2.30. The minimum atomic E-state index is -0.338. The number of carbonyl (C=O) groups excluding carboxylic acids is 3. The Morgan fingerprint density at radius 1 is 1.27 bits per heavy atom. The molecule has 0 bridgehead atoms. The van der Waals surface area contributed by atoms with E-state index in [4.69, 9.17) is 0 Å². The van der Waals surface area contributed by atoms with E-state index in [0.717, 1.165) is 10.4 Å². The fourth-order valence-corrected chi connectivity index (χ4v) is 3.81. The number of carbonyl (C=O) groups is 3. The Labute approximate surface area is 155 Å². The van der Waals surface area contributed by atoms with Crippen LogP contribution < -0.4 is 10.6 Å². The van der Waals surface area contributed by atoms with Gasteiger partial charge in [-0.15, -0.1) is 11.3 Å². The number of aliphatic hydroxyl groups excluding tert-OH is 1. The number of rotatable bonds is 7. The molecule has 3 rings (SSSR count). The van der Waals surface area contributed by atoms with E-state index in [0.29, 0.717) is 18.4 Å². The summed E-state index contributed by atoms with van der Waals surface area (Å²) in [6.07, 6.45) is 1.14. The summed E-state index contributed by atoms with van der Waals surface area (Å²) in [5.74, 6) is -1.02. The van der Waals surface area contributed by atoms with Gasteiger partial charge in [-0.3, -0.25) is 19.7 Å². The average molecular weight is 372 g/mol. The van der Waals surface area contributed by atoms with Crippen molar-refractivity contribution in [2.75, 3.05) is 6.61 Å². The minimum Gasteiger partial charge on any atom is -0.396 e. The van der Waals surface area contributed by atoms with Crippen LogP contribution in [0, 0.1) is 5.92 Å². The zero-order valence-corrected chi connectivity index (χ0v) is 14.9. The maximum absolute atomic E-state index is 12.5. The summed E-state index contributed by atoms with van der Waals surface area (Å²) in [5.41, 5.74) is 1.42. The molecular formula is C19H20N2O4S. The molecule has 3 N–H and O–H groups in total. The Morgan fingerprint density at radius 2 is 2.04 bits per heavy atom. The fraction of sp³-hybridized carbons (Fsp3) is 0.316. The molecule has 1 saturated heterocycles. The third-order valence-electron chi connectivity index (χ3n) is 4.37. The maximum atomic E-state index is 12.5. The molecule has 2 aromatic rings. The Morgan fingerprint density at radius 3 is 2.62 bits per heavy atom. The smallest absolute Gasteiger partial charge is 0.251 e. The Balaban J connectivity index is 1.63. The van der Waals surface area contributed by atoms with E-state index < -0.39 is 0 Å². The van der Waals surface area contributed by atoms with Gasteiger partial charge in [-0.1, -0.05) is 18.2 Å². The monoisotopic (exact) mass is 372 g/mol. The number of hydrogen-bond acceptors (Lipinski definition) is 5. The summed E-state index contributed by atoms with van der Waals surface area (Å²) < 4.78 is 0. The molecule has 1 aromatic carbocycles. The van der Waals surface area contributed by atoms with Crippen LogP contribution in [0.15, 0.2) is 41.8 Å². The first-order chi connectivity index (χ1) is 12.6. The number of imide groups is 1. The number of thiophene rings is 1. The van der Waals surface area contributed by atoms with Crippen LogP contribution in [0.25, 0.3) is 0 Å². The molecule has 2 heterocycles. The van der Waals surface area contributed by atoms with Crippen molar-refractivity contribution in [3.63, 3.8) is 0 Å². The molecule has 6 nitrogen and oxygen atoms in total. The van der Waals surface area contributed by atoms with Gasteiger partial charge in [-0.2, -0.15) is 0 Å². The van der Waals surface area contributed by atoms with Gasteiger partial charge in [0.1, 0.15) is 0 Å². The molecule has 26 heavy (non-hydrogen) atoms. The summed E-state index contributed by atoms with van der Waals surface area (Å²) in [6, 6.07) is 10.7. The first-order valence-corrected chi connectivity index (χ1v) is 9.32. The maximum Gasteiger partial charge on any atom is 0.251 e. The molecule has 0 aliphatic carbocycles. The average Bonchev–Trinajstić information content (AvgIpc) is 3.25.